The lowest BCUT2D eigenvalue weighted by Gasteiger charge is -2.34. The molecule has 0 unspecified atom stereocenters. The summed E-state index contributed by atoms with van der Waals surface area (Å²) >= 11 is 0. The van der Waals surface area contributed by atoms with Gasteiger partial charge < -0.3 is 19.0 Å². The van der Waals surface area contributed by atoms with Gasteiger partial charge in [0.15, 0.2) is 12.4 Å². The van der Waals surface area contributed by atoms with E-state index in [1.165, 1.54) is 6.26 Å². The number of aromatic nitrogens is 2. The second kappa shape index (κ2) is 9.76. The highest BCUT2D eigenvalue weighted by atomic mass is 16.5. The number of ether oxygens (including phenoxy) is 1. The van der Waals surface area contributed by atoms with Crippen molar-refractivity contribution in [3.63, 3.8) is 0 Å². The molecule has 176 valence electrons. The molecule has 9 nitrogen and oxygen atoms in total. The number of hydrogen-bond donors (Lipinski definition) is 0. The number of benzene rings is 1. The van der Waals surface area contributed by atoms with Crippen LogP contribution in [0.1, 0.15) is 20.9 Å². The minimum absolute atomic E-state index is 0.206. The minimum atomic E-state index is -0.603. The van der Waals surface area contributed by atoms with Crippen LogP contribution in [0.15, 0.2) is 77.7 Å². The Balaban J connectivity index is 1.24. The first-order valence-electron chi connectivity index (χ1n) is 11.2. The first-order chi connectivity index (χ1) is 17.1. The van der Waals surface area contributed by atoms with E-state index in [1.54, 1.807) is 52.5 Å². The van der Waals surface area contributed by atoms with E-state index in [-0.39, 0.29) is 24.2 Å². The zero-order valence-corrected chi connectivity index (χ0v) is 18.8. The molecule has 0 bridgehead atoms. The van der Waals surface area contributed by atoms with E-state index in [1.807, 2.05) is 24.3 Å². The fourth-order valence-electron chi connectivity index (χ4n) is 4.02. The Kier molecular flexibility index (Phi) is 6.21. The highest BCUT2D eigenvalue weighted by molar-refractivity contribution is 6.05. The third kappa shape index (κ3) is 4.74. The van der Waals surface area contributed by atoms with Gasteiger partial charge in [-0.05, 0) is 36.4 Å². The molecule has 0 N–H and O–H groups in total. The van der Waals surface area contributed by atoms with Gasteiger partial charge in [-0.1, -0.05) is 18.2 Å². The lowest BCUT2D eigenvalue weighted by Crippen LogP contribution is -2.51. The first-order valence-corrected chi connectivity index (χ1v) is 11.2. The molecule has 2 amide bonds. The third-order valence-corrected chi connectivity index (χ3v) is 5.87. The quantitative estimate of drug-likeness (QED) is 0.413. The number of amides is 2. The summed E-state index contributed by atoms with van der Waals surface area (Å²) in [4.78, 5) is 50.1. The van der Waals surface area contributed by atoms with E-state index in [2.05, 4.69) is 9.97 Å². The molecule has 35 heavy (non-hydrogen) atoms. The number of carbonyl (C=O) groups excluding carboxylic acids is 3. The summed E-state index contributed by atoms with van der Waals surface area (Å²) in [6.07, 6.45) is 4.79. The number of nitrogens with zero attached hydrogens (tertiary/aromatic N) is 4. The van der Waals surface area contributed by atoms with Gasteiger partial charge in [0, 0.05) is 49.5 Å². The van der Waals surface area contributed by atoms with E-state index >= 15 is 0 Å². The standard InChI is InChI=1S/C26H22N4O5/c31-24(29-10-12-30(13-11-29)25(32)23-8-4-14-34-23)17-35-26(33)20-15-22(18-5-3-9-27-16-18)28-21-7-2-1-6-19(20)21/h1-9,14-16H,10-13,17H2. The summed E-state index contributed by atoms with van der Waals surface area (Å²) in [6, 6.07) is 15.9. The van der Waals surface area contributed by atoms with Gasteiger partial charge in [0.1, 0.15) is 0 Å². The van der Waals surface area contributed by atoms with Crippen LogP contribution in [-0.4, -0.2) is 70.3 Å². The summed E-state index contributed by atoms with van der Waals surface area (Å²) in [5.41, 5.74) is 2.33. The van der Waals surface area contributed by atoms with Crippen LogP contribution >= 0.6 is 0 Å². The fraction of sp³-hybridized carbons (Fsp3) is 0.192. The van der Waals surface area contributed by atoms with Crippen LogP contribution in [0.3, 0.4) is 0 Å². The maximum absolute atomic E-state index is 13.0. The molecule has 5 rings (SSSR count). The summed E-state index contributed by atoms with van der Waals surface area (Å²) in [5.74, 6) is -0.848. The smallest absolute Gasteiger partial charge is 0.339 e. The molecule has 0 saturated carbocycles. The Morgan fingerprint density at radius 2 is 1.74 bits per heavy atom. The first kappa shape index (κ1) is 22.3. The van der Waals surface area contributed by atoms with Crippen molar-refractivity contribution >= 4 is 28.7 Å². The van der Waals surface area contributed by atoms with Crippen molar-refractivity contribution in [3.8, 4) is 11.3 Å². The normalized spacial score (nSPS) is 13.6. The second-order valence-corrected chi connectivity index (χ2v) is 8.04. The molecule has 1 aromatic carbocycles. The van der Waals surface area contributed by atoms with Crippen LogP contribution in [0, 0.1) is 0 Å². The number of furan rings is 1. The van der Waals surface area contributed by atoms with Gasteiger partial charge in [-0.25, -0.2) is 9.78 Å². The van der Waals surface area contributed by atoms with Crippen molar-refractivity contribution in [1.82, 2.24) is 19.8 Å². The largest absolute Gasteiger partial charge is 0.459 e. The van der Waals surface area contributed by atoms with Crippen LogP contribution < -0.4 is 0 Å². The van der Waals surface area contributed by atoms with Crippen molar-refractivity contribution in [2.24, 2.45) is 0 Å². The van der Waals surface area contributed by atoms with Crippen LogP contribution in [-0.2, 0) is 9.53 Å². The molecule has 0 aliphatic carbocycles. The van der Waals surface area contributed by atoms with Gasteiger partial charge in [-0.2, -0.15) is 0 Å². The van der Waals surface area contributed by atoms with E-state index in [9.17, 15) is 14.4 Å². The second-order valence-electron chi connectivity index (χ2n) is 8.04. The van der Waals surface area contributed by atoms with Crippen molar-refractivity contribution in [1.29, 1.82) is 0 Å². The SMILES string of the molecule is O=C(OCC(=O)N1CCN(C(=O)c2ccco2)CC1)c1cc(-c2cccnc2)nc2ccccc12. The topological polar surface area (TPSA) is 106 Å². The molecule has 0 radical (unpaired) electrons. The summed E-state index contributed by atoms with van der Waals surface area (Å²) in [5, 5.41) is 0.641. The Labute approximate surface area is 200 Å². The van der Waals surface area contributed by atoms with Gasteiger partial charge in [-0.15, -0.1) is 0 Å². The molecule has 1 fully saturated rings. The maximum atomic E-state index is 13.0. The summed E-state index contributed by atoms with van der Waals surface area (Å²) in [6.45, 7) is 1.08. The van der Waals surface area contributed by atoms with Gasteiger partial charge in [0.2, 0.25) is 0 Å². The molecule has 3 aromatic heterocycles. The predicted octanol–water partition coefficient (Wildman–Crippen LogP) is 3.03. The van der Waals surface area contributed by atoms with Gasteiger partial charge in [-0.3, -0.25) is 14.6 Å². The Hall–Kier alpha value is -4.53. The highest BCUT2D eigenvalue weighted by Crippen LogP contribution is 2.25. The van der Waals surface area contributed by atoms with Crippen molar-refractivity contribution in [2.75, 3.05) is 32.8 Å². The molecule has 4 heterocycles. The van der Waals surface area contributed by atoms with Crippen LogP contribution in [0.25, 0.3) is 22.2 Å². The lowest BCUT2D eigenvalue weighted by molar-refractivity contribution is -0.136. The average molecular weight is 470 g/mol. The maximum Gasteiger partial charge on any atom is 0.339 e. The number of para-hydroxylation sites is 1. The average Bonchev–Trinajstić information content (AvgIpc) is 3.46. The van der Waals surface area contributed by atoms with Crippen molar-refractivity contribution in [3.05, 3.63) is 84.6 Å². The fourth-order valence-corrected chi connectivity index (χ4v) is 4.02. The van der Waals surface area contributed by atoms with Gasteiger partial charge in [0.05, 0.1) is 23.0 Å². The zero-order chi connectivity index (χ0) is 24.2. The van der Waals surface area contributed by atoms with Crippen LogP contribution in [0.2, 0.25) is 0 Å². The third-order valence-electron chi connectivity index (χ3n) is 5.87. The molecular weight excluding hydrogens is 448 g/mol. The van der Waals surface area contributed by atoms with E-state index in [4.69, 9.17) is 9.15 Å². The Morgan fingerprint density at radius 3 is 2.49 bits per heavy atom. The highest BCUT2D eigenvalue weighted by Gasteiger charge is 2.27. The number of hydrogen-bond acceptors (Lipinski definition) is 7. The van der Waals surface area contributed by atoms with Gasteiger partial charge >= 0.3 is 5.97 Å². The summed E-state index contributed by atoms with van der Waals surface area (Å²) < 4.78 is 10.6. The number of rotatable bonds is 5. The predicted molar refractivity (Wildman–Crippen MR) is 126 cm³/mol. The molecule has 1 saturated heterocycles. The molecular formula is C26H22N4O5. The van der Waals surface area contributed by atoms with Gasteiger partial charge in [0.25, 0.3) is 11.8 Å². The molecule has 4 aromatic rings. The molecule has 9 heteroatoms. The van der Waals surface area contributed by atoms with Crippen LogP contribution in [0.4, 0.5) is 0 Å². The number of carbonyl (C=O) groups is 3. The van der Waals surface area contributed by atoms with E-state index in [0.29, 0.717) is 48.3 Å². The Bertz CT molecular complexity index is 1360. The molecule has 0 spiro atoms. The van der Waals surface area contributed by atoms with E-state index < -0.39 is 5.97 Å². The van der Waals surface area contributed by atoms with Crippen LogP contribution in [0.5, 0.6) is 0 Å². The van der Waals surface area contributed by atoms with Crippen molar-refractivity contribution in [2.45, 2.75) is 0 Å². The minimum Gasteiger partial charge on any atom is -0.459 e. The number of pyridine rings is 2. The lowest BCUT2D eigenvalue weighted by atomic mass is 10.1. The molecule has 0 atom stereocenters. The van der Waals surface area contributed by atoms with E-state index in [0.717, 1.165) is 5.56 Å². The summed E-state index contributed by atoms with van der Waals surface area (Å²) in [7, 11) is 0. The number of piperazine rings is 1. The molecule has 1 aliphatic heterocycles. The zero-order valence-electron chi connectivity index (χ0n) is 18.8. The number of esters is 1. The number of fused-ring (bicyclic) bond motifs is 1. The Morgan fingerprint density at radius 1 is 0.943 bits per heavy atom. The molecule has 1 aliphatic rings. The van der Waals surface area contributed by atoms with Crippen molar-refractivity contribution < 1.29 is 23.5 Å². The monoisotopic (exact) mass is 470 g/mol.